The highest BCUT2D eigenvalue weighted by molar-refractivity contribution is 6.01. The minimum atomic E-state index is -4.41. The molecular weight excluding hydrogens is 439 g/mol. The summed E-state index contributed by atoms with van der Waals surface area (Å²) < 4.78 is 53.2. The fourth-order valence-corrected chi connectivity index (χ4v) is 2.80. The molecule has 0 unspecified atom stereocenters. The van der Waals surface area contributed by atoms with E-state index in [1.807, 2.05) is 36.4 Å². The van der Waals surface area contributed by atoms with Crippen LogP contribution in [0.1, 0.15) is 11.1 Å². The number of hydrogen-bond acceptors (Lipinski definition) is 5. The summed E-state index contributed by atoms with van der Waals surface area (Å²) in [6.07, 6.45) is 1.23. The van der Waals surface area contributed by atoms with Gasteiger partial charge in [0, 0.05) is 11.6 Å². The number of alkyl halides is 3. The van der Waals surface area contributed by atoms with E-state index in [9.17, 15) is 18.0 Å². The van der Waals surface area contributed by atoms with Crippen LogP contribution >= 0.6 is 0 Å². The number of carbonyl (C=O) groups excluding carboxylic acids is 1. The van der Waals surface area contributed by atoms with E-state index in [0.717, 1.165) is 21.6 Å². The molecule has 0 saturated carbocycles. The Kier molecular flexibility index (Phi) is 8.09. The number of halogens is 3. The predicted octanol–water partition coefficient (Wildman–Crippen LogP) is 4.66. The van der Waals surface area contributed by atoms with Gasteiger partial charge in [-0.1, -0.05) is 24.3 Å². The third kappa shape index (κ3) is 8.00. The summed E-state index contributed by atoms with van der Waals surface area (Å²) in [7, 11) is 1.57. The lowest BCUT2D eigenvalue weighted by Crippen LogP contribution is -2.18. The largest absolute Gasteiger partial charge is 0.496 e. The first-order chi connectivity index (χ1) is 15.8. The topological polar surface area (TPSA) is 74.6 Å². The van der Waals surface area contributed by atoms with Gasteiger partial charge in [0.1, 0.15) is 31.4 Å². The summed E-state index contributed by atoms with van der Waals surface area (Å²) in [5, 5.41) is 6.43. The molecule has 10 heteroatoms. The van der Waals surface area contributed by atoms with Crippen molar-refractivity contribution in [3.63, 3.8) is 0 Å². The molecule has 2 aromatic carbocycles. The average molecular weight is 461 g/mol. The van der Waals surface area contributed by atoms with Crippen molar-refractivity contribution >= 4 is 17.7 Å². The van der Waals surface area contributed by atoms with Crippen LogP contribution < -0.4 is 14.8 Å². The second-order valence-electron chi connectivity index (χ2n) is 6.86. The van der Waals surface area contributed by atoms with Gasteiger partial charge in [0.25, 0.3) is 0 Å². The van der Waals surface area contributed by atoms with Crippen LogP contribution in [0.15, 0.2) is 67.0 Å². The number of ether oxygens (including phenoxy) is 3. The molecule has 174 valence electrons. The average Bonchev–Trinajstić information content (AvgIpc) is 3.23. The lowest BCUT2D eigenvalue weighted by molar-refractivity contribution is -0.182. The highest BCUT2D eigenvalue weighted by Gasteiger charge is 2.27. The first-order valence-corrected chi connectivity index (χ1v) is 9.83. The van der Waals surface area contributed by atoms with Crippen LogP contribution in [0.5, 0.6) is 11.5 Å². The number of carbonyl (C=O) groups is 1. The van der Waals surface area contributed by atoms with Crippen LogP contribution in [0.3, 0.4) is 0 Å². The van der Waals surface area contributed by atoms with Gasteiger partial charge in [0.05, 0.1) is 25.2 Å². The SMILES string of the molecule is COc1ccc(/C=C/C(=O)Nc2cnn(COCC(F)(F)F)c2)cc1COc1ccccc1. The Balaban J connectivity index is 1.56. The molecule has 0 radical (unpaired) electrons. The molecule has 0 aliphatic rings. The first-order valence-electron chi connectivity index (χ1n) is 9.83. The van der Waals surface area contributed by atoms with Gasteiger partial charge >= 0.3 is 6.18 Å². The van der Waals surface area contributed by atoms with E-state index in [-0.39, 0.29) is 13.3 Å². The highest BCUT2D eigenvalue weighted by atomic mass is 19.4. The van der Waals surface area contributed by atoms with Gasteiger partial charge in [0.15, 0.2) is 0 Å². The van der Waals surface area contributed by atoms with Gasteiger partial charge in [-0.05, 0) is 35.9 Å². The first kappa shape index (κ1) is 23.9. The van der Waals surface area contributed by atoms with E-state index in [4.69, 9.17) is 9.47 Å². The van der Waals surface area contributed by atoms with Crippen molar-refractivity contribution in [3.8, 4) is 11.5 Å². The zero-order valence-corrected chi connectivity index (χ0v) is 17.7. The summed E-state index contributed by atoms with van der Waals surface area (Å²) in [4.78, 5) is 12.2. The Morgan fingerprint density at radius 2 is 1.97 bits per heavy atom. The van der Waals surface area contributed by atoms with Crippen LogP contribution in [0.2, 0.25) is 0 Å². The smallest absolute Gasteiger partial charge is 0.411 e. The van der Waals surface area contributed by atoms with Crippen molar-refractivity contribution in [2.45, 2.75) is 19.5 Å². The van der Waals surface area contributed by atoms with E-state index in [2.05, 4.69) is 15.2 Å². The van der Waals surface area contributed by atoms with Gasteiger partial charge < -0.3 is 19.5 Å². The maximum atomic E-state index is 12.2. The molecule has 1 aromatic heterocycles. The fourth-order valence-electron chi connectivity index (χ4n) is 2.80. The van der Waals surface area contributed by atoms with Gasteiger partial charge in [-0.25, -0.2) is 4.68 Å². The second kappa shape index (κ2) is 11.2. The van der Waals surface area contributed by atoms with Crippen molar-refractivity contribution in [1.82, 2.24) is 9.78 Å². The van der Waals surface area contributed by atoms with Crippen LogP contribution in [0, 0.1) is 0 Å². The molecule has 0 saturated heterocycles. The molecule has 3 rings (SSSR count). The summed E-state index contributed by atoms with van der Waals surface area (Å²) in [5.41, 5.74) is 1.89. The normalized spacial score (nSPS) is 11.5. The third-order valence-corrected chi connectivity index (χ3v) is 4.26. The molecule has 0 bridgehead atoms. The molecule has 3 aromatic rings. The number of aromatic nitrogens is 2. The summed E-state index contributed by atoms with van der Waals surface area (Å²) in [6, 6.07) is 14.8. The van der Waals surface area contributed by atoms with Crippen molar-refractivity contribution in [3.05, 3.63) is 78.1 Å². The third-order valence-electron chi connectivity index (χ3n) is 4.26. The number of benzene rings is 2. The maximum absolute atomic E-state index is 12.2. The number of nitrogens with one attached hydrogen (secondary N) is 1. The van der Waals surface area contributed by atoms with Crippen molar-refractivity contribution in [2.75, 3.05) is 19.0 Å². The Hall–Kier alpha value is -3.79. The zero-order valence-electron chi connectivity index (χ0n) is 17.7. The highest BCUT2D eigenvalue weighted by Crippen LogP contribution is 2.23. The molecule has 33 heavy (non-hydrogen) atoms. The lowest BCUT2D eigenvalue weighted by atomic mass is 10.1. The van der Waals surface area contributed by atoms with Crippen molar-refractivity contribution in [2.24, 2.45) is 0 Å². The molecule has 0 aliphatic carbocycles. The molecule has 0 aliphatic heterocycles. The Morgan fingerprint density at radius 1 is 1.18 bits per heavy atom. The van der Waals surface area contributed by atoms with E-state index in [1.165, 1.54) is 18.5 Å². The number of anilines is 1. The Bertz CT molecular complexity index is 1080. The molecular formula is C23H22F3N3O4. The van der Waals surface area contributed by atoms with Gasteiger partial charge in [-0.2, -0.15) is 18.3 Å². The molecule has 0 fully saturated rings. The standard InChI is InChI=1S/C23H22F3N3O4/c1-31-21-9-7-17(11-18(21)14-33-20-5-3-2-4-6-20)8-10-22(30)28-19-12-27-29(13-19)16-32-15-23(24,25)26/h2-13H,14-16H2,1H3,(H,28,30)/b10-8+. The summed E-state index contributed by atoms with van der Waals surface area (Å²) >= 11 is 0. The van der Waals surface area contributed by atoms with Gasteiger partial charge in [-0.3, -0.25) is 4.79 Å². The monoisotopic (exact) mass is 461 g/mol. The summed E-state index contributed by atoms with van der Waals surface area (Å²) in [6.45, 7) is -1.47. The van der Waals surface area contributed by atoms with Crippen LogP contribution in [-0.2, 0) is 22.9 Å². The Morgan fingerprint density at radius 3 is 2.70 bits per heavy atom. The van der Waals surface area contributed by atoms with E-state index in [1.54, 1.807) is 25.3 Å². The minimum absolute atomic E-state index is 0.288. The summed E-state index contributed by atoms with van der Waals surface area (Å²) in [5.74, 6) is 0.959. The zero-order chi connectivity index (χ0) is 23.7. The second-order valence-corrected chi connectivity index (χ2v) is 6.86. The van der Waals surface area contributed by atoms with Crippen LogP contribution in [0.25, 0.3) is 6.08 Å². The number of rotatable bonds is 10. The number of methoxy groups -OCH3 is 1. The van der Waals surface area contributed by atoms with E-state index >= 15 is 0 Å². The molecule has 1 N–H and O–H groups in total. The number of amides is 1. The van der Waals surface area contributed by atoms with Crippen LogP contribution in [-0.4, -0.2) is 35.6 Å². The van der Waals surface area contributed by atoms with E-state index in [0.29, 0.717) is 11.4 Å². The quantitative estimate of drug-likeness (QED) is 0.445. The molecule has 0 spiro atoms. The fraction of sp³-hybridized carbons (Fsp3) is 0.217. The van der Waals surface area contributed by atoms with Crippen molar-refractivity contribution < 1.29 is 32.2 Å². The number of para-hydroxylation sites is 1. The molecule has 0 atom stereocenters. The lowest BCUT2D eigenvalue weighted by Gasteiger charge is -2.11. The van der Waals surface area contributed by atoms with Crippen LogP contribution in [0.4, 0.5) is 18.9 Å². The van der Waals surface area contributed by atoms with Gasteiger partial charge in [0.2, 0.25) is 5.91 Å². The van der Waals surface area contributed by atoms with Crippen molar-refractivity contribution in [1.29, 1.82) is 0 Å². The molecule has 7 nitrogen and oxygen atoms in total. The number of hydrogen-bond donors (Lipinski definition) is 1. The predicted molar refractivity (Wildman–Crippen MR) is 116 cm³/mol. The maximum Gasteiger partial charge on any atom is 0.411 e. The Labute approximate surface area is 188 Å². The minimum Gasteiger partial charge on any atom is -0.496 e. The molecule has 1 heterocycles. The number of nitrogens with zero attached hydrogens (tertiary/aromatic N) is 2. The van der Waals surface area contributed by atoms with Gasteiger partial charge in [-0.15, -0.1) is 0 Å². The van der Waals surface area contributed by atoms with E-state index < -0.39 is 18.7 Å². The molecule has 1 amide bonds.